The number of amides is 3. The summed E-state index contributed by atoms with van der Waals surface area (Å²) in [4.78, 5) is 38.4. The molecule has 3 aromatic rings. The molecule has 0 bridgehead atoms. The Kier molecular flexibility index (Phi) is 6.63. The number of thioether (sulfide) groups is 1. The van der Waals surface area contributed by atoms with E-state index in [1.165, 1.54) is 23.1 Å². The number of para-hydroxylation sites is 1. The Hall–Kier alpha value is -3.18. The van der Waals surface area contributed by atoms with Gasteiger partial charge in [-0.2, -0.15) is 0 Å². The monoisotopic (exact) mass is 457 g/mol. The first-order valence-electron chi connectivity index (χ1n) is 9.50. The molecule has 0 saturated carbocycles. The van der Waals surface area contributed by atoms with E-state index in [0.29, 0.717) is 28.3 Å². The number of carbonyl (C=O) groups is 3. The van der Waals surface area contributed by atoms with Gasteiger partial charge in [-0.15, -0.1) is 10.2 Å². The second kappa shape index (κ2) is 9.75. The molecule has 160 valence electrons. The van der Waals surface area contributed by atoms with Crippen LogP contribution in [0.15, 0.2) is 57.5 Å². The van der Waals surface area contributed by atoms with Crippen molar-refractivity contribution < 1.29 is 18.8 Å². The zero-order valence-electron chi connectivity index (χ0n) is 16.3. The molecule has 31 heavy (non-hydrogen) atoms. The quantitative estimate of drug-likeness (QED) is 0.394. The lowest BCUT2D eigenvalue weighted by Crippen LogP contribution is -2.28. The molecule has 1 aromatic carbocycles. The number of aromatic nitrogens is 2. The van der Waals surface area contributed by atoms with Gasteiger partial charge in [-0.25, -0.2) is 0 Å². The van der Waals surface area contributed by atoms with Crippen molar-refractivity contribution in [2.24, 2.45) is 5.92 Å². The van der Waals surface area contributed by atoms with Crippen LogP contribution >= 0.6 is 23.1 Å². The third-order valence-corrected chi connectivity index (χ3v) is 6.54. The third kappa shape index (κ3) is 5.50. The van der Waals surface area contributed by atoms with Gasteiger partial charge in [-0.05, 0) is 24.3 Å². The van der Waals surface area contributed by atoms with Crippen molar-refractivity contribution in [3.8, 4) is 0 Å². The first kappa shape index (κ1) is 21.1. The first-order valence-corrected chi connectivity index (χ1v) is 11.3. The number of hydrogen-bond donors (Lipinski definition) is 2. The molecule has 1 aliphatic rings. The van der Waals surface area contributed by atoms with Gasteiger partial charge < -0.3 is 20.0 Å². The highest BCUT2D eigenvalue weighted by atomic mass is 32.2. The maximum absolute atomic E-state index is 12.6. The van der Waals surface area contributed by atoms with Gasteiger partial charge in [-0.1, -0.05) is 41.3 Å². The lowest BCUT2D eigenvalue weighted by Gasteiger charge is -2.16. The van der Waals surface area contributed by atoms with E-state index in [2.05, 4.69) is 20.8 Å². The van der Waals surface area contributed by atoms with Crippen molar-refractivity contribution in [2.45, 2.75) is 17.3 Å². The molecule has 2 aromatic heterocycles. The molecule has 9 nitrogen and oxygen atoms in total. The molecule has 0 aliphatic carbocycles. The third-order valence-electron chi connectivity index (χ3n) is 4.57. The normalized spacial score (nSPS) is 15.8. The zero-order chi connectivity index (χ0) is 21.6. The first-order chi connectivity index (χ1) is 15.1. The predicted molar refractivity (Wildman–Crippen MR) is 117 cm³/mol. The van der Waals surface area contributed by atoms with Crippen LogP contribution in [0.1, 0.15) is 12.2 Å². The minimum absolute atomic E-state index is 0.0829. The fourth-order valence-corrected chi connectivity index (χ4v) is 4.63. The standard InChI is InChI=1S/C20H19N5O4S2/c26-16(21-10-15-7-4-8-29-15)12-30-20-24-23-19(31-20)22-18(28)13-9-17(27)25(11-13)14-5-2-1-3-6-14/h1-8,13H,9-12H2,(H,21,26)(H,22,23,28)/t13-/m0/s1. The van der Waals surface area contributed by atoms with Crippen molar-refractivity contribution in [1.82, 2.24) is 15.5 Å². The molecule has 0 radical (unpaired) electrons. The average Bonchev–Trinajstić information content (AvgIpc) is 3.53. The van der Waals surface area contributed by atoms with Crippen LogP contribution in [0.5, 0.6) is 0 Å². The number of furan rings is 1. The van der Waals surface area contributed by atoms with Gasteiger partial charge in [0.2, 0.25) is 22.9 Å². The lowest BCUT2D eigenvalue weighted by atomic mass is 10.1. The summed E-state index contributed by atoms with van der Waals surface area (Å²) in [7, 11) is 0. The number of carbonyl (C=O) groups excluding carboxylic acids is 3. The second-order valence-electron chi connectivity index (χ2n) is 6.75. The van der Waals surface area contributed by atoms with Gasteiger partial charge in [0.1, 0.15) is 5.76 Å². The van der Waals surface area contributed by atoms with Crippen LogP contribution in [0.4, 0.5) is 10.8 Å². The Balaban J connectivity index is 1.24. The Morgan fingerprint density at radius 2 is 2.03 bits per heavy atom. The largest absolute Gasteiger partial charge is 0.467 e. The van der Waals surface area contributed by atoms with Crippen molar-refractivity contribution in [2.75, 3.05) is 22.5 Å². The number of nitrogens with zero attached hydrogens (tertiary/aromatic N) is 3. The smallest absolute Gasteiger partial charge is 0.231 e. The Labute approximate surface area is 186 Å². The van der Waals surface area contributed by atoms with E-state index in [0.717, 1.165) is 5.69 Å². The lowest BCUT2D eigenvalue weighted by molar-refractivity contribution is -0.122. The molecule has 3 heterocycles. The Bertz CT molecular complexity index is 1050. The van der Waals surface area contributed by atoms with Crippen LogP contribution in [0, 0.1) is 5.92 Å². The maximum atomic E-state index is 12.6. The van der Waals surface area contributed by atoms with Gasteiger partial charge in [0, 0.05) is 18.7 Å². The van der Waals surface area contributed by atoms with E-state index in [-0.39, 0.29) is 29.9 Å². The van der Waals surface area contributed by atoms with Crippen molar-refractivity contribution in [3.63, 3.8) is 0 Å². The molecule has 11 heteroatoms. The van der Waals surface area contributed by atoms with E-state index >= 15 is 0 Å². The van der Waals surface area contributed by atoms with Crippen LogP contribution in [-0.4, -0.2) is 40.2 Å². The summed E-state index contributed by atoms with van der Waals surface area (Å²) < 4.78 is 5.73. The Morgan fingerprint density at radius 3 is 2.81 bits per heavy atom. The van der Waals surface area contributed by atoms with Crippen molar-refractivity contribution in [3.05, 3.63) is 54.5 Å². The molecule has 4 rings (SSSR count). The molecule has 1 aliphatic heterocycles. The number of rotatable bonds is 8. The summed E-state index contributed by atoms with van der Waals surface area (Å²) in [6.07, 6.45) is 1.70. The van der Waals surface area contributed by atoms with Gasteiger partial charge in [-0.3, -0.25) is 14.4 Å². The number of benzene rings is 1. The number of anilines is 2. The molecule has 1 saturated heterocycles. The van der Waals surface area contributed by atoms with Crippen LogP contribution in [0.3, 0.4) is 0 Å². The van der Waals surface area contributed by atoms with Crippen molar-refractivity contribution >= 4 is 51.6 Å². The highest BCUT2D eigenvalue weighted by Crippen LogP contribution is 2.28. The minimum Gasteiger partial charge on any atom is -0.467 e. The zero-order valence-corrected chi connectivity index (χ0v) is 17.9. The van der Waals surface area contributed by atoms with E-state index in [1.807, 2.05) is 30.3 Å². The highest BCUT2D eigenvalue weighted by Gasteiger charge is 2.35. The van der Waals surface area contributed by atoms with Crippen LogP contribution < -0.4 is 15.5 Å². The summed E-state index contributed by atoms with van der Waals surface area (Å²) in [5.74, 6) is -0.119. The molecule has 1 fully saturated rings. The number of hydrogen-bond acceptors (Lipinski definition) is 8. The van der Waals surface area contributed by atoms with Crippen LogP contribution in [-0.2, 0) is 20.9 Å². The Morgan fingerprint density at radius 1 is 1.19 bits per heavy atom. The summed E-state index contributed by atoms with van der Waals surface area (Å²) in [6.45, 7) is 0.648. The molecule has 0 unspecified atom stereocenters. The van der Waals surface area contributed by atoms with Crippen LogP contribution in [0.25, 0.3) is 0 Å². The molecular formula is C20H19N5O4S2. The van der Waals surface area contributed by atoms with Crippen molar-refractivity contribution in [1.29, 1.82) is 0 Å². The molecule has 2 N–H and O–H groups in total. The molecule has 1 atom stereocenters. The molecule has 0 spiro atoms. The summed E-state index contributed by atoms with van der Waals surface area (Å²) >= 11 is 2.42. The molecule has 3 amide bonds. The van der Waals surface area contributed by atoms with Gasteiger partial charge in [0.15, 0.2) is 4.34 Å². The van der Waals surface area contributed by atoms with E-state index in [9.17, 15) is 14.4 Å². The van der Waals surface area contributed by atoms with Gasteiger partial charge >= 0.3 is 0 Å². The topological polar surface area (TPSA) is 117 Å². The fraction of sp³-hybridized carbons (Fsp3) is 0.250. The van der Waals surface area contributed by atoms with E-state index in [1.54, 1.807) is 23.3 Å². The van der Waals surface area contributed by atoms with Gasteiger partial charge in [0.05, 0.1) is 24.5 Å². The highest BCUT2D eigenvalue weighted by molar-refractivity contribution is 8.01. The van der Waals surface area contributed by atoms with Gasteiger partial charge in [0.25, 0.3) is 0 Å². The van der Waals surface area contributed by atoms with E-state index in [4.69, 9.17) is 4.42 Å². The average molecular weight is 458 g/mol. The SMILES string of the molecule is O=C(CSc1nnc(NC(=O)[C@H]2CC(=O)N(c3ccccc3)C2)s1)NCc1ccco1. The number of nitrogens with one attached hydrogen (secondary N) is 2. The maximum Gasteiger partial charge on any atom is 0.231 e. The fourth-order valence-electron chi connectivity index (χ4n) is 3.04. The summed E-state index contributed by atoms with van der Waals surface area (Å²) in [6, 6.07) is 12.8. The predicted octanol–water partition coefficient (Wildman–Crippen LogP) is 2.53. The summed E-state index contributed by atoms with van der Waals surface area (Å²) in [5.41, 5.74) is 0.780. The second-order valence-corrected chi connectivity index (χ2v) is 8.95. The minimum atomic E-state index is -0.458. The van der Waals surface area contributed by atoms with Crippen LogP contribution in [0.2, 0.25) is 0 Å². The van der Waals surface area contributed by atoms with E-state index < -0.39 is 5.92 Å². The molecular weight excluding hydrogens is 438 g/mol. The summed E-state index contributed by atoms with van der Waals surface area (Å²) in [5, 5.41) is 13.8.